The van der Waals surface area contributed by atoms with Crippen molar-refractivity contribution in [2.45, 2.75) is 13.0 Å². The maximum atomic E-state index is 9.32. The van der Waals surface area contributed by atoms with E-state index in [1.54, 1.807) is 19.1 Å². The molecule has 0 amide bonds. The molecule has 1 aromatic rings. The molecule has 0 saturated carbocycles. The number of hydrogen-bond acceptors (Lipinski definition) is 1. The monoisotopic (exact) mass is 268 g/mol. The first kappa shape index (κ1) is 10.3. The smallest absolute Gasteiger partial charge is 0.0791 e. The fraction of sp³-hybridized carbons (Fsp3) is 0.250. The molecule has 66 valence electrons. The summed E-state index contributed by atoms with van der Waals surface area (Å²) in [6, 6.07) is 3.44. The van der Waals surface area contributed by atoms with E-state index in [1.807, 2.05) is 0 Å². The van der Waals surface area contributed by atoms with Crippen molar-refractivity contribution in [2.24, 2.45) is 0 Å². The van der Waals surface area contributed by atoms with Crippen LogP contribution in [-0.4, -0.2) is 5.11 Å². The van der Waals surface area contributed by atoms with E-state index < -0.39 is 6.10 Å². The summed E-state index contributed by atoms with van der Waals surface area (Å²) < 4.78 is 0.740. The van der Waals surface area contributed by atoms with Crippen LogP contribution in [0.15, 0.2) is 16.6 Å². The molecule has 1 rings (SSSR count). The van der Waals surface area contributed by atoms with Gasteiger partial charge in [-0.3, -0.25) is 0 Å². The van der Waals surface area contributed by atoms with Crippen LogP contribution < -0.4 is 0 Å². The van der Waals surface area contributed by atoms with Crippen molar-refractivity contribution in [3.63, 3.8) is 0 Å². The lowest BCUT2D eigenvalue weighted by Crippen LogP contribution is -1.94. The molecule has 0 radical (unpaired) electrons. The van der Waals surface area contributed by atoms with E-state index in [0.717, 1.165) is 4.47 Å². The Bertz CT molecular complexity index is 299. The van der Waals surface area contributed by atoms with E-state index in [2.05, 4.69) is 15.9 Å². The lowest BCUT2D eigenvalue weighted by molar-refractivity contribution is 0.199. The summed E-state index contributed by atoms with van der Waals surface area (Å²) in [5, 5.41) is 10.3. The molecule has 0 spiro atoms. The molecule has 0 aliphatic carbocycles. The van der Waals surface area contributed by atoms with E-state index in [0.29, 0.717) is 15.6 Å². The van der Waals surface area contributed by atoms with E-state index in [9.17, 15) is 5.11 Å². The maximum absolute atomic E-state index is 9.32. The molecule has 4 heteroatoms. The van der Waals surface area contributed by atoms with Crippen molar-refractivity contribution < 1.29 is 5.11 Å². The number of halogens is 3. The number of rotatable bonds is 1. The predicted octanol–water partition coefficient (Wildman–Crippen LogP) is 3.81. The molecule has 1 N–H and O–H groups in total. The van der Waals surface area contributed by atoms with Crippen LogP contribution in [0.25, 0.3) is 0 Å². The van der Waals surface area contributed by atoms with Gasteiger partial charge in [0.05, 0.1) is 11.1 Å². The lowest BCUT2D eigenvalue weighted by atomic mass is 10.1. The van der Waals surface area contributed by atoms with Gasteiger partial charge in [0.1, 0.15) is 0 Å². The zero-order valence-electron chi connectivity index (χ0n) is 6.31. The van der Waals surface area contributed by atoms with Gasteiger partial charge in [-0.2, -0.15) is 0 Å². The van der Waals surface area contributed by atoms with Crippen molar-refractivity contribution in [3.05, 3.63) is 32.2 Å². The summed E-state index contributed by atoms with van der Waals surface area (Å²) in [6.45, 7) is 1.62. The van der Waals surface area contributed by atoms with E-state index in [4.69, 9.17) is 23.2 Å². The Labute approximate surface area is 89.4 Å². The van der Waals surface area contributed by atoms with Crippen molar-refractivity contribution in [3.8, 4) is 0 Å². The van der Waals surface area contributed by atoms with Gasteiger partial charge in [-0.05, 0) is 35.0 Å². The van der Waals surface area contributed by atoms with Crippen LogP contribution in [0.3, 0.4) is 0 Å². The quantitative estimate of drug-likeness (QED) is 0.769. The first-order valence-corrected chi connectivity index (χ1v) is 4.90. The van der Waals surface area contributed by atoms with Crippen LogP contribution in [-0.2, 0) is 0 Å². The van der Waals surface area contributed by atoms with E-state index in [-0.39, 0.29) is 0 Å². The van der Waals surface area contributed by atoms with Crippen LogP contribution in [0, 0.1) is 0 Å². The maximum Gasteiger partial charge on any atom is 0.0791 e. The van der Waals surface area contributed by atoms with Crippen molar-refractivity contribution >= 4 is 39.1 Å². The predicted molar refractivity (Wildman–Crippen MR) is 54.8 cm³/mol. The number of aliphatic hydroxyl groups is 1. The molecule has 1 aromatic carbocycles. The van der Waals surface area contributed by atoms with Crippen molar-refractivity contribution in [1.82, 2.24) is 0 Å². The summed E-state index contributed by atoms with van der Waals surface area (Å²) >= 11 is 15.0. The zero-order chi connectivity index (χ0) is 9.30. The topological polar surface area (TPSA) is 20.2 Å². The second-order valence-corrected chi connectivity index (χ2v) is 4.07. The standard InChI is InChI=1S/C8H7BrCl2O/c1-4(12)7-6(10)3-2-5(9)8(7)11/h2-4,12H,1H3. The van der Waals surface area contributed by atoms with Crippen molar-refractivity contribution in [1.29, 1.82) is 0 Å². The Morgan fingerprint density at radius 3 is 2.42 bits per heavy atom. The van der Waals surface area contributed by atoms with Gasteiger partial charge in [0.25, 0.3) is 0 Å². The average Bonchev–Trinajstić information content (AvgIpc) is 1.97. The van der Waals surface area contributed by atoms with Crippen LogP contribution in [0.4, 0.5) is 0 Å². The second-order valence-electron chi connectivity index (χ2n) is 2.43. The minimum absolute atomic E-state index is 0.470. The van der Waals surface area contributed by atoms with Gasteiger partial charge in [0.2, 0.25) is 0 Å². The molecule has 12 heavy (non-hydrogen) atoms. The first-order chi connectivity index (χ1) is 5.54. The highest BCUT2D eigenvalue weighted by molar-refractivity contribution is 9.10. The third-order valence-electron chi connectivity index (χ3n) is 1.50. The highest BCUT2D eigenvalue weighted by Crippen LogP contribution is 2.35. The van der Waals surface area contributed by atoms with Gasteiger partial charge in [0.15, 0.2) is 0 Å². The van der Waals surface area contributed by atoms with Gasteiger partial charge in [-0.1, -0.05) is 23.2 Å². The molecule has 0 heterocycles. The van der Waals surface area contributed by atoms with Gasteiger partial charge in [-0.15, -0.1) is 0 Å². The summed E-state index contributed by atoms with van der Waals surface area (Å²) in [5.41, 5.74) is 0.563. The number of hydrogen-bond donors (Lipinski definition) is 1. The second kappa shape index (κ2) is 3.97. The fourth-order valence-corrected chi connectivity index (χ4v) is 1.96. The van der Waals surface area contributed by atoms with Crippen LogP contribution in [0.2, 0.25) is 10.0 Å². The summed E-state index contributed by atoms with van der Waals surface area (Å²) in [7, 11) is 0. The lowest BCUT2D eigenvalue weighted by Gasteiger charge is -2.10. The van der Waals surface area contributed by atoms with Crippen LogP contribution in [0.5, 0.6) is 0 Å². The van der Waals surface area contributed by atoms with Gasteiger partial charge < -0.3 is 5.11 Å². The number of aliphatic hydroxyl groups excluding tert-OH is 1. The molecule has 0 fully saturated rings. The first-order valence-electron chi connectivity index (χ1n) is 3.35. The summed E-state index contributed by atoms with van der Waals surface area (Å²) in [6.07, 6.45) is -0.650. The van der Waals surface area contributed by atoms with Crippen molar-refractivity contribution in [2.75, 3.05) is 0 Å². The molecule has 0 bridgehead atoms. The zero-order valence-corrected chi connectivity index (χ0v) is 9.41. The molecular formula is C8H7BrCl2O. The third kappa shape index (κ3) is 1.94. The molecule has 0 aliphatic heterocycles. The number of benzene rings is 1. The fourth-order valence-electron chi connectivity index (χ4n) is 0.926. The SMILES string of the molecule is CC(O)c1c(Cl)ccc(Br)c1Cl. The van der Waals surface area contributed by atoms with E-state index >= 15 is 0 Å². The van der Waals surface area contributed by atoms with Crippen LogP contribution in [0.1, 0.15) is 18.6 Å². The molecule has 1 unspecified atom stereocenters. The highest BCUT2D eigenvalue weighted by Gasteiger charge is 2.13. The molecule has 1 atom stereocenters. The largest absolute Gasteiger partial charge is 0.389 e. The minimum atomic E-state index is -0.650. The average molecular weight is 270 g/mol. The van der Waals surface area contributed by atoms with Gasteiger partial charge in [0, 0.05) is 15.1 Å². The Morgan fingerprint density at radius 2 is 2.00 bits per heavy atom. The Balaban J connectivity index is 3.33. The summed E-state index contributed by atoms with van der Waals surface area (Å²) in [5.74, 6) is 0. The van der Waals surface area contributed by atoms with Gasteiger partial charge >= 0.3 is 0 Å². The third-order valence-corrected chi connectivity index (χ3v) is 3.12. The van der Waals surface area contributed by atoms with E-state index in [1.165, 1.54) is 0 Å². The Hall–Kier alpha value is 0.240. The van der Waals surface area contributed by atoms with Crippen LogP contribution >= 0.6 is 39.1 Å². The van der Waals surface area contributed by atoms with Gasteiger partial charge in [-0.25, -0.2) is 0 Å². The molecule has 0 aliphatic rings. The molecule has 0 saturated heterocycles. The normalized spacial score (nSPS) is 13.1. The highest BCUT2D eigenvalue weighted by atomic mass is 79.9. The Morgan fingerprint density at radius 1 is 1.42 bits per heavy atom. The molecular weight excluding hydrogens is 263 g/mol. The minimum Gasteiger partial charge on any atom is -0.389 e. The summed E-state index contributed by atoms with van der Waals surface area (Å²) in [4.78, 5) is 0. The molecule has 0 aromatic heterocycles. The Kier molecular flexibility index (Phi) is 3.41. The molecule has 1 nitrogen and oxygen atoms in total.